The highest BCUT2D eigenvalue weighted by Gasteiger charge is 2.42. The molecule has 0 spiro atoms. The van der Waals surface area contributed by atoms with Crippen LogP contribution < -0.4 is 14.9 Å². The third-order valence-corrected chi connectivity index (χ3v) is 6.72. The minimum Gasteiger partial charge on any atom is -0.497 e. The second-order valence-electron chi connectivity index (χ2n) is 9.13. The van der Waals surface area contributed by atoms with Crippen molar-refractivity contribution in [3.05, 3.63) is 104 Å². The van der Waals surface area contributed by atoms with E-state index in [2.05, 4.69) is 0 Å². The average molecular weight is 484 g/mol. The van der Waals surface area contributed by atoms with Crippen molar-refractivity contribution in [2.45, 2.75) is 33.2 Å². The lowest BCUT2D eigenvalue weighted by atomic mass is 9.96. The van der Waals surface area contributed by atoms with Gasteiger partial charge < -0.3 is 18.8 Å². The molecule has 0 saturated carbocycles. The molecule has 5 rings (SSSR count). The summed E-state index contributed by atoms with van der Waals surface area (Å²) in [6.07, 6.45) is 0.628. The van der Waals surface area contributed by atoms with Crippen LogP contribution in [0.3, 0.4) is 0 Å². The van der Waals surface area contributed by atoms with E-state index in [1.54, 1.807) is 12.0 Å². The largest absolute Gasteiger partial charge is 0.497 e. The molecular weight excluding hydrogens is 454 g/mol. The quantitative estimate of drug-likeness (QED) is 0.342. The number of carbonyl (C=O) groups excluding carboxylic acids is 1. The highest BCUT2D eigenvalue weighted by molar-refractivity contribution is 5.99. The third-order valence-electron chi connectivity index (χ3n) is 6.72. The van der Waals surface area contributed by atoms with Gasteiger partial charge in [-0.3, -0.25) is 9.59 Å². The smallest absolute Gasteiger partial charge is 0.290 e. The van der Waals surface area contributed by atoms with E-state index in [0.717, 1.165) is 33.8 Å². The monoisotopic (exact) mass is 483 g/mol. The van der Waals surface area contributed by atoms with Crippen LogP contribution in [0.5, 0.6) is 11.5 Å². The summed E-state index contributed by atoms with van der Waals surface area (Å²) in [7, 11) is 1.63. The molecule has 1 aliphatic heterocycles. The van der Waals surface area contributed by atoms with Gasteiger partial charge in [-0.15, -0.1) is 0 Å². The van der Waals surface area contributed by atoms with Crippen molar-refractivity contribution < 1.29 is 18.7 Å². The Labute approximate surface area is 210 Å². The molecule has 1 unspecified atom stereocenters. The zero-order chi connectivity index (χ0) is 25.4. The first-order valence-electron chi connectivity index (χ1n) is 12.2. The van der Waals surface area contributed by atoms with E-state index in [9.17, 15) is 9.59 Å². The van der Waals surface area contributed by atoms with Crippen molar-refractivity contribution in [2.24, 2.45) is 0 Å². The summed E-state index contributed by atoms with van der Waals surface area (Å²) in [4.78, 5) is 29.3. The molecule has 0 saturated heterocycles. The molecule has 0 aliphatic carbocycles. The molecule has 3 aromatic carbocycles. The Balaban J connectivity index is 1.60. The molecule has 0 N–H and O–H groups in total. The maximum atomic E-state index is 13.9. The number of methoxy groups -OCH3 is 1. The van der Waals surface area contributed by atoms with E-state index in [1.807, 2.05) is 81.4 Å². The number of rotatable bonds is 7. The molecule has 2 heterocycles. The van der Waals surface area contributed by atoms with Crippen LogP contribution in [0.15, 0.2) is 69.9 Å². The number of aryl methyl sites for hydroxylation is 2. The van der Waals surface area contributed by atoms with Crippen LogP contribution >= 0.6 is 0 Å². The molecule has 0 bridgehead atoms. The molecule has 6 heteroatoms. The predicted octanol–water partition coefficient (Wildman–Crippen LogP) is 5.61. The lowest BCUT2D eigenvalue weighted by molar-refractivity contribution is 0.0730. The second-order valence-corrected chi connectivity index (χ2v) is 9.13. The second kappa shape index (κ2) is 9.53. The summed E-state index contributed by atoms with van der Waals surface area (Å²) in [5, 5.41) is 0.528. The summed E-state index contributed by atoms with van der Waals surface area (Å²) in [6.45, 7) is 6.78. The Morgan fingerprint density at radius 2 is 1.64 bits per heavy atom. The van der Waals surface area contributed by atoms with Gasteiger partial charge in [0.2, 0.25) is 5.76 Å². The van der Waals surface area contributed by atoms with Crippen LogP contribution in [0, 0.1) is 13.8 Å². The Bertz CT molecular complexity index is 1490. The number of hydrogen-bond donors (Lipinski definition) is 0. The number of benzene rings is 3. The van der Waals surface area contributed by atoms with Crippen molar-refractivity contribution in [1.29, 1.82) is 0 Å². The molecular formula is C30H29NO5. The Kier molecular flexibility index (Phi) is 6.27. The molecule has 0 radical (unpaired) electrons. The fourth-order valence-corrected chi connectivity index (χ4v) is 5.05. The number of hydrogen-bond acceptors (Lipinski definition) is 5. The zero-order valence-electron chi connectivity index (χ0n) is 21.0. The van der Waals surface area contributed by atoms with E-state index in [1.165, 1.54) is 0 Å². The summed E-state index contributed by atoms with van der Waals surface area (Å²) in [6, 6.07) is 18.6. The van der Waals surface area contributed by atoms with Gasteiger partial charge in [0, 0.05) is 6.54 Å². The van der Waals surface area contributed by atoms with Crippen LogP contribution in [0.25, 0.3) is 11.0 Å². The number of nitrogens with zero attached hydrogens (tertiary/aromatic N) is 1. The van der Waals surface area contributed by atoms with Crippen molar-refractivity contribution in [3.63, 3.8) is 0 Å². The Hall–Kier alpha value is -4.06. The van der Waals surface area contributed by atoms with Gasteiger partial charge in [-0.2, -0.15) is 0 Å². The van der Waals surface area contributed by atoms with E-state index in [-0.39, 0.29) is 17.1 Å². The van der Waals surface area contributed by atoms with Gasteiger partial charge in [0.05, 0.1) is 30.7 Å². The average Bonchev–Trinajstić information content (AvgIpc) is 3.15. The van der Waals surface area contributed by atoms with E-state index in [4.69, 9.17) is 13.9 Å². The first-order valence-corrected chi connectivity index (χ1v) is 12.2. The van der Waals surface area contributed by atoms with Gasteiger partial charge in [-0.05, 0) is 79.8 Å². The SMILES string of the molecule is CCOc1ccc(C2c3c(oc4cc(C)cc(C)c4c3=O)C(=O)N2CCc2ccc(OC)cc2)cc1. The predicted molar refractivity (Wildman–Crippen MR) is 139 cm³/mol. The highest BCUT2D eigenvalue weighted by atomic mass is 16.5. The number of carbonyl (C=O) groups is 1. The number of fused-ring (bicyclic) bond motifs is 2. The van der Waals surface area contributed by atoms with Crippen LogP contribution in [-0.4, -0.2) is 31.1 Å². The van der Waals surface area contributed by atoms with Crippen molar-refractivity contribution >= 4 is 16.9 Å². The first-order chi connectivity index (χ1) is 17.4. The van der Waals surface area contributed by atoms with Gasteiger partial charge >= 0.3 is 0 Å². The van der Waals surface area contributed by atoms with Crippen LogP contribution in [-0.2, 0) is 6.42 Å². The molecule has 1 aliphatic rings. The molecule has 1 atom stereocenters. The lowest BCUT2D eigenvalue weighted by Crippen LogP contribution is -2.31. The molecule has 36 heavy (non-hydrogen) atoms. The standard InChI is InChI=1S/C30H29NO5/c1-5-35-23-12-8-21(9-13-23)27-26-28(32)25-19(3)16-18(2)17-24(25)36-29(26)30(33)31(27)15-14-20-6-10-22(34-4)11-7-20/h6-13,16-17,27H,5,14-15H2,1-4H3. The molecule has 4 aromatic rings. The molecule has 1 aromatic heterocycles. The fourth-order valence-electron chi connectivity index (χ4n) is 5.05. The van der Waals surface area contributed by atoms with Gasteiger partial charge in [0.15, 0.2) is 5.43 Å². The van der Waals surface area contributed by atoms with Gasteiger partial charge in [-0.1, -0.05) is 30.3 Å². The van der Waals surface area contributed by atoms with Gasteiger partial charge in [0.1, 0.15) is 17.1 Å². The summed E-state index contributed by atoms with van der Waals surface area (Å²) in [5.41, 5.74) is 4.44. The summed E-state index contributed by atoms with van der Waals surface area (Å²) in [5.74, 6) is 1.39. The van der Waals surface area contributed by atoms with E-state index < -0.39 is 6.04 Å². The number of amides is 1. The van der Waals surface area contributed by atoms with Crippen LogP contribution in [0.1, 0.15) is 51.3 Å². The Morgan fingerprint density at radius 1 is 0.944 bits per heavy atom. The molecule has 1 amide bonds. The Morgan fingerprint density at radius 3 is 2.31 bits per heavy atom. The van der Waals surface area contributed by atoms with E-state index in [0.29, 0.717) is 36.1 Å². The lowest BCUT2D eigenvalue weighted by Gasteiger charge is -2.25. The fraction of sp³-hybridized carbons (Fsp3) is 0.267. The normalized spacial score (nSPS) is 14.8. The molecule has 0 fully saturated rings. The van der Waals surface area contributed by atoms with E-state index >= 15 is 0 Å². The summed E-state index contributed by atoms with van der Waals surface area (Å²) >= 11 is 0. The van der Waals surface area contributed by atoms with Gasteiger partial charge in [0.25, 0.3) is 5.91 Å². The van der Waals surface area contributed by atoms with Crippen molar-refractivity contribution in [1.82, 2.24) is 4.90 Å². The molecule has 184 valence electrons. The first kappa shape index (κ1) is 23.7. The maximum absolute atomic E-state index is 13.9. The molecule has 6 nitrogen and oxygen atoms in total. The minimum atomic E-state index is -0.539. The minimum absolute atomic E-state index is 0.131. The van der Waals surface area contributed by atoms with Crippen molar-refractivity contribution in [2.75, 3.05) is 20.3 Å². The third kappa shape index (κ3) is 4.13. The summed E-state index contributed by atoms with van der Waals surface area (Å²) < 4.78 is 17.0. The maximum Gasteiger partial charge on any atom is 0.290 e. The van der Waals surface area contributed by atoms with Crippen LogP contribution in [0.4, 0.5) is 0 Å². The van der Waals surface area contributed by atoms with Crippen LogP contribution in [0.2, 0.25) is 0 Å². The number of ether oxygens (including phenoxy) is 2. The zero-order valence-corrected chi connectivity index (χ0v) is 21.0. The van der Waals surface area contributed by atoms with Crippen molar-refractivity contribution in [3.8, 4) is 11.5 Å². The topological polar surface area (TPSA) is 69.0 Å². The highest BCUT2D eigenvalue weighted by Crippen LogP contribution is 2.39. The van der Waals surface area contributed by atoms with Gasteiger partial charge in [-0.25, -0.2) is 0 Å².